The molecule has 0 aliphatic heterocycles. The van der Waals surface area contributed by atoms with Crippen LogP contribution in [0.1, 0.15) is 207 Å². The summed E-state index contributed by atoms with van der Waals surface area (Å²) in [5.74, 6) is -1.09. The van der Waals surface area contributed by atoms with E-state index in [0.29, 0.717) is 11.0 Å². The van der Waals surface area contributed by atoms with E-state index >= 15 is 0 Å². The van der Waals surface area contributed by atoms with Crippen LogP contribution in [0.3, 0.4) is 0 Å². The normalized spacial score (nSPS) is 13.7. The van der Waals surface area contributed by atoms with Gasteiger partial charge in [-0.2, -0.15) is 0 Å². The number of quaternary nitrogens is 1. The number of carbonyl (C=O) groups excluding carboxylic acids is 2. The summed E-state index contributed by atoms with van der Waals surface area (Å²) in [6, 6.07) is 0. The van der Waals surface area contributed by atoms with Gasteiger partial charge in [-0.1, -0.05) is 182 Å². The van der Waals surface area contributed by atoms with Gasteiger partial charge < -0.3 is 18.9 Å². The first-order valence-electron chi connectivity index (χ1n) is 22.7. The van der Waals surface area contributed by atoms with Crippen LogP contribution in [0.5, 0.6) is 0 Å². The van der Waals surface area contributed by atoms with Gasteiger partial charge in [-0.25, -0.2) is 4.57 Å². The van der Waals surface area contributed by atoms with Crippen LogP contribution in [0.25, 0.3) is 0 Å². The number of hydrogen-bond acceptors (Lipinski definition) is 7. The average molecular weight is 791 g/mol. The van der Waals surface area contributed by atoms with Crippen molar-refractivity contribution in [3.05, 3.63) is 0 Å². The average Bonchev–Trinajstić information content (AvgIpc) is 3.12. The highest BCUT2D eigenvalue weighted by Gasteiger charge is 2.30. The van der Waals surface area contributed by atoms with Crippen molar-refractivity contribution in [3.63, 3.8) is 0 Å². The van der Waals surface area contributed by atoms with Crippen LogP contribution < -0.4 is 0 Å². The monoisotopic (exact) mass is 791 g/mol. The molecule has 54 heavy (non-hydrogen) atoms. The molecule has 10 heteroatoms. The maximum Gasteiger partial charge on any atom is 0.472 e. The van der Waals surface area contributed by atoms with Crippen molar-refractivity contribution in [1.29, 1.82) is 0 Å². The van der Waals surface area contributed by atoms with Gasteiger partial charge in [-0.15, -0.1) is 0 Å². The number of phosphoric ester groups is 1. The minimum atomic E-state index is -4.42. The standard InChI is InChI=1S/C44H88NO8P/c1-8-12-16-20-24-28-32-40(33-29-25-21-17-13-9-2)43(46)50-38-42(39-52-54(48,49)51-37-36-45(5,6)7)53-44(47)41(34-30-26-22-18-14-10-3)35-31-27-23-19-15-11-4/h40-42H,8-39H2,1-7H3/p+1/t42-/m1/s1. The topological polar surface area (TPSA) is 108 Å². The number of esters is 2. The number of likely N-dealkylation sites (N-methyl/N-ethyl adjacent to an activating group) is 1. The van der Waals surface area contributed by atoms with Crippen LogP contribution in [0.4, 0.5) is 0 Å². The molecule has 0 heterocycles. The van der Waals surface area contributed by atoms with Crippen LogP contribution >= 0.6 is 7.82 Å². The van der Waals surface area contributed by atoms with E-state index in [2.05, 4.69) is 27.7 Å². The molecule has 2 atom stereocenters. The van der Waals surface area contributed by atoms with E-state index in [1.807, 2.05) is 21.1 Å². The van der Waals surface area contributed by atoms with Crippen LogP contribution in [0.2, 0.25) is 0 Å². The number of rotatable bonds is 40. The Morgan fingerprint density at radius 1 is 0.519 bits per heavy atom. The summed E-state index contributed by atoms with van der Waals surface area (Å²) in [7, 11) is 1.48. The Kier molecular flexibility index (Phi) is 34.5. The zero-order valence-corrected chi connectivity index (χ0v) is 37.5. The van der Waals surface area contributed by atoms with Gasteiger partial charge in [0.05, 0.1) is 39.6 Å². The second-order valence-corrected chi connectivity index (χ2v) is 18.4. The van der Waals surface area contributed by atoms with E-state index < -0.39 is 20.5 Å². The van der Waals surface area contributed by atoms with Gasteiger partial charge in [0.15, 0.2) is 6.10 Å². The highest BCUT2D eigenvalue weighted by molar-refractivity contribution is 7.47. The van der Waals surface area contributed by atoms with Gasteiger partial charge in [0, 0.05) is 0 Å². The van der Waals surface area contributed by atoms with E-state index in [9.17, 15) is 19.0 Å². The molecule has 0 saturated carbocycles. The molecular weight excluding hydrogens is 701 g/mol. The minimum Gasteiger partial charge on any atom is -0.461 e. The first-order chi connectivity index (χ1) is 25.9. The highest BCUT2D eigenvalue weighted by atomic mass is 31.2. The first-order valence-corrected chi connectivity index (χ1v) is 24.2. The van der Waals surface area contributed by atoms with E-state index in [0.717, 1.165) is 89.9 Å². The largest absolute Gasteiger partial charge is 0.472 e. The Morgan fingerprint density at radius 2 is 0.870 bits per heavy atom. The summed E-state index contributed by atoms with van der Waals surface area (Å²) in [5.41, 5.74) is 0. The zero-order valence-electron chi connectivity index (χ0n) is 36.6. The van der Waals surface area contributed by atoms with Crippen LogP contribution in [-0.4, -0.2) is 74.9 Å². The maximum absolute atomic E-state index is 13.8. The fraction of sp³-hybridized carbons (Fsp3) is 0.955. The smallest absolute Gasteiger partial charge is 0.461 e. The van der Waals surface area contributed by atoms with Gasteiger partial charge >= 0.3 is 19.8 Å². The predicted octanol–water partition coefficient (Wildman–Crippen LogP) is 12.5. The fourth-order valence-electron chi connectivity index (χ4n) is 6.76. The Labute approximate surface area is 334 Å². The van der Waals surface area contributed by atoms with Crippen molar-refractivity contribution in [1.82, 2.24) is 0 Å². The molecule has 0 aliphatic rings. The van der Waals surface area contributed by atoms with E-state index in [-0.39, 0.29) is 37.0 Å². The molecule has 1 unspecified atom stereocenters. The third-order valence-electron chi connectivity index (χ3n) is 10.4. The Hall–Kier alpha value is -0.990. The van der Waals surface area contributed by atoms with Gasteiger partial charge in [0.1, 0.15) is 19.8 Å². The van der Waals surface area contributed by atoms with Crippen LogP contribution in [-0.2, 0) is 32.7 Å². The summed E-state index contributed by atoms with van der Waals surface area (Å²) in [5, 5.41) is 0. The number of unbranched alkanes of at least 4 members (excludes halogenated alkanes) is 20. The summed E-state index contributed by atoms with van der Waals surface area (Å²) in [6.07, 6.45) is 29.6. The van der Waals surface area contributed by atoms with Gasteiger partial charge in [0.2, 0.25) is 0 Å². The molecule has 0 saturated heterocycles. The molecule has 0 aliphatic carbocycles. The quantitative estimate of drug-likeness (QED) is 0.0283. The van der Waals surface area contributed by atoms with Crippen LogP contribution in [0, 0.1) is 11.8 Å². The fourth-order valence-corrected chi connectivity index (χ4v) is 7.50. The van der Waals surface area contributed by atoms with Crippen molar-refractivity contribution in [2.75, 3.05) is 47.5 Å². The Bertz CT molecular complexity index is 895. The second kappa shape index (κ2) is 35.2. The SMILES string of the molecule is CCCCCCCCC(CCCCCCCC)C(=O)OC[C@H](COP(=O)(O)OCC[N+](C)(C)C)OC(=O)C(CCCCCCCC)CCCCCCCC. The van der Waals surface area contributed by atoms with Crippen molar-refractivity contribution < 1.29 is 42.1 Å². The number of hydrogen-bond donors (Lipinski definition) is 1. The molecule has 0 radical (unpaired) electrons. The van der Waals surface area contributed by atoms with E-state index in [4.69, 9.17) is 18.5 Å². The van der Waals surface area contributed by atoms with Crippen LogP contribution in [0.15, 0.2) is 0 Å². The highest BCUT2D eigenvalue weighted by Crippen LogP contribution is 2.43. The number of carbonyl (C=O) groups is 2. The molecule has 0 aromatic heterocycles. The Morgan fingerprint density at radius 3 is 1.24 bits per heavy atom. The van der Waals surface area contributed by atoms with Gasteiger partial charge in [0.25, 0.3) is 0 Å². The zero-order chi connectivity index (χ0) is 40.3. The van der Waals surface area contributed by atoms with Gasteiger partial charge in [-0.05, 0) is 25.7 Å². The predicted molar refractivity (Wildman–Crippen MR) is 224 cm³/mol. The lowest BCUT2D eigenvalue weighted by Gasteiger charge is -2.25. The summed E-state index contributed by atoms with van der Waals surface area (Å²) >= 11 is 0. The van der Waals surface area contributed by atoms with Crippen molar-refractivity contribution in [2.24, 2.45) is 11.8 Å². The molecular formula is C44H89NO8P+. The third-order valence-corrected chi connectivity index (χ3v) is 11.4. The molecule has 322 valence electrons. The molecule has 9 nitrogen and oxygen atoms in total. The van der Waals surface area contributed by atoms with E-state index in [1.165, 1.54) is 89.9 Å². The summed E-state index contributed by atoms with van der Waals surface area (Å²) < 4.78 is 36.0. The first kappa shape index (κ1) is 53.0. The number of phosphoric acid groups is 1. The molecule has 0 aromatic carbocycles. The van der Waals surface area contributed by atoms with E-state index in [1.54, 1.807) is 0 Å². The molecule has 1 N–H and O–H groups in total. The lowest BCUT2D eigenvalue weighted by atomic mass is 9.94. The second-order valence-electron chi connectivity index (χ2n) is 16.9. The maximum atomic E-state index is 13.8. The van der Waals surface area contributed by atoms with Crippen molar-refractivity contribution in [2.45, 2.75) is 214 Å². The molecule has 0 bridgehead atoms. The molecule has 0 fully saturated rings. The van der Waals surface area contributed by atoms with Gasteiger partial charge in [-0.3, -0.25) is 18.6 Å². The summed E-state index contributed by atoms with van der Waals surface area (Å²) in [6.45, 7) is 8.80. The van der Waals surface area contributed by atoms with Crippen molar-refractivity contribution >= 4 is 19.8 Å². The lowest BCUT2D eigenvalue weighted by Crippen LogP contribution is -2.37. The minimum absolute atomic E-state index is 0.0356. The van der Waals surface area contributed by atoms with Crippen molar-refractivity contribution in [3.8, 4) is 0 Å². The Balaban J connectivity index is 5.74. The third kappa shape index (κ3) is 33.2. The molecule has 0 aromatic rings. The molecule has 0 amide bonds. The number of ether oxygens (including phenoxy) is 2. The number of nitrogens with zero attached hydrogens (tertiary/aromatic N) is 1. The lowest BCUT2D eigenvalue weighted by molar-refractivity contribution is -0.870. The summed E-state index contributed by atoms with van der Waals surface area (Å²) in [4.78, 5) is 37.9. The molecule has 0 rings (SSSR count). The molecule has 0 spiro atoms.